The molecule has 0 saturated carbocycles. The van der Waals surface area contributed by atoms with Gasteiger partial charge in [0.15, 0.2) is 6.10 Å². The van der Waals surface area contributed by atoms with Crippen molar-refractivity contribution in [1.82, 2.24) is 5.32 Å². The van der Waals surface area contributed by atoms with Gasteiger partial charge in [-0.15, -0.1) is 0 Å². The molecule has 2 N–H and O–H groups in total. The number of hydrogen-bond donors (Lipinski definition) is 2. The Labute approximate surface area is 154 Å². The van der Waals surface area contributed by atoms with E-state index in [1.807, 2.05) is 52.0 Å². The van der Waals surface area contributed by atoms with E-state index in [9.17, 15) is 9.59 Å². The normalized spacial score (nSPS) is 12.2. The minimum absolute atomic E-state index is 0.183. The minimum atomic E-state index is -0.663. The van der Waals surface area contributed by atoms with Gasteiger partial charge in [0.25, 0.3) is 11.8 Å². The number of carbonyl (C=O) groups excluding carboxylic acids is 2. The Balaban J connectivity index is 2.02. The zero-order chi connectivity index (χ0) is 19.3. The van der Waals surface area contributed by atoms with Crippen molar-refractivity contribution in [3.8, 4) is 5.75 Å². The monoisotopic (exact) mass is 354 g/mol. The molecule has 0 spiro atoms. The Hall–Kier alpha value is -2.82. The molecule has 0 bridgehead atoms. The van der Waals surface area contributed by atoms with Crippen LogP contribution in [0.4, 0.5) is 5.69 Å². The maximum Gasteiger partial charge on any atom is 0.265 e. The van der Waals surface area contributed by atoms with Gasteiger partial charge in [-0.1, -0.05) is 18.2 Å². The predicted octanol–water partition coefficient (Wildman–Crippen LogP) is 3.93. The summed E-state index contributed by atoms with van der Waals surface area (Å²) in [5.41, 5.74) is 1.78. The van der Waals surface area contributed by atoms with Crippen LogP contribution >= 0.6 is 0 Å². The molecular formula is C21H26N2O3. The van der Waals surface area contributed by atoms with E-state index in [1.165, 1.54) is 0 Å². The summed E-state index contributed by atoms with van der Waals surface area (Å²) in [5.74, 6) is 0.184. The quantitative estimate of drug-likeness (QED) is 0.855. The Morgan fingerprint density at radius 1 is 1.04 bits per heavy atom. The highest BCUT2D eigenvalue weighted by Crippen LogP contribution is 2.16. The number of carbonyl (C=O) groups is 2. The maximum absolute atomic E-state index is 12.4. The van der Waals surface area contributed by atoms with Crippen LogP contribution in [0.1, 0.15) is 43.6 Å². The van der Waals surface area contributed by atoms with Gasteiger partial charge >= 0.3 is 0 Å². The van der Waals surface area contributed by atoms with Crippen molar-refractivity contribution >= 4 is 17.5 Å². The third kappa shape index (κ3) is 5.92. The lowest BCUT2D eigenvalue weighted by atomic mass is 10.1. The van der Waals surface area contributed by atoms with Gasteiger partial charge < -0.3 is 15.4 Å². The van der Waals surface area contributed by atoms with Crippen molar-refractivity contribution in [2.75, 3.05) is 5.32 Å². The lowest BCUT2D eigenvalue weighted by Gasteiger charge is -2.20. The van der Waals surface area contributed by atoms with Gasteiger partial charge in [-0.3, -0.25) is 9.59 Å². The molecule has 2 aromatic carbocycles. The summed E-state index contributed by atoms with van der Waals surface area (Å²) in [6, 6.07) is 14.4. The Bertz CT molecular complexity index is 794. The Morgan fingerprint density at radius 3 is 2.38 bits per heavy atom. The third-order valence-corrected chi connectivity index (χ3v) is 3.55. The summed E-state index contributed by atoms with van der Waals surface area (Å²) < 4.78 is 5.68. The molecule has 138 valence electrons. The van der Waals surface area contributed by atoms with Gasteiger partial charge in [0, 0.05) is 16.8 Å². The summed E-state index contributed by atoms with van der Waals surface area (Å²) >= 11 is 0. The second-order valence-corrected chi connectivity index (χ2v) is 7.35. The van der Waals surface area contributed by atoms with Crippen molar-refractivity contribution in [2.24, 2.45) is 0 Å². The summed E-state index contributed by atoms with van der Waals surface area (Å²) in [4.78, 5) is 24.6. The maximum atomic E-state index is 12.4. The number of benzene rings is 2. The zero-order valence-electron chi connectivity index (χ0n) is 15.9. The zero-order valence-corrected chi connectivity index (χ0v) is 15.9. The average molecular weight is 354 g/mol. The molecule has 0 aliphatic carbocycles. The van der Waals surface area contributed by atoms with Crippen LogP contribution in [0.2, 0.25) is 0 Å². The molecule has 0 saturated heterocycles. The van der Waals surface area contributed by atoms with E-state index < -0.39 is 6.10 Å². The van der Waals surface area contributed by atoms with E-state index in [2.05, 4.69) is 10.6 Å². The van der Waals surface area contributed by atoms with Crippen LogP contribution in [-0.4, -0.2) is 23.5 Å². The molecule has 0 heterocycles. The number of aryl methyl sites for hydroxylation is 1. The molecule has 1 unspecified atom stereocenters. The van der Waals surface area contributed by atoms with E-state index in [-0.39, 0.29) is 17.4 Å². The molecule has 5 heteroatoms. The smallest absolute Gasteiger partial charge is 0.265 e. The van der Waals surface area contributed by atoms with Gasteiger partial charge in [0.2, 0.25) is 0 Å². The molecule has 0 aliphatic heterocycles. The SMILES string of the molecule is Cc1cccc(OC(C)C(=O)Nc2cccc(C(=O)NC(C)(C)C)c2)c1. The number of ether oxygens (including phenoxy) is 1. The van der Waals surface area contributed by atoms with Crippen molar-refractivity contribution < 1.29 is 14.3 Å². The fraction of sp³-hybridized carbons (Fsp3) is 0.333. The highest BCUT2D eigenvalue weighted by atomic mass is 16.5. The van der Waals surface area contributed by atoms with Gasteiger partial charge in [-0.2, -0.15) is 0 Å². The van der Waals surface area contributed by atoms with Crippen LogP contribution in [0.3, 0.4) is 0 Å². The molecule has 0 fully saturated rings. The van der Waals surface area contributed by atoms with Crippen LogP contribution in [0.5, 0.6) is 5.75 Å². The summed E-state index contributed by atoms with van der Waals surface area (Å²) in [5, 5.41) is 5.69. The summed E-state index contributed by atoms with van der Waals surface area (Å²) in [6.07, 6.45) is -0.663. The second-order valence-electron chi connectivity index (χ2n) is 7.35. The van der Waals surface area contributed by atoms with Crippen molar-refractivity contribution in [3.63, 3.8) is 0 Å². The first-order valence-corrected chi connectivity index (χ1v) is 8.61. The summed E-state index contributed by atoms with van der Waals surface area (Å²) in [6.45, 7) is 9.40. The minimum Gasteiger partial charge on any atom is -0.481 e. The predicted molar refractivity (Wildman–Crippen MR) is 104 cm³/mol. The lowest BCUT2D eigenvalue weighted by molar-refractivity contribution is -0.122. The lowest BCUT2D eigenvalue weighted by Crippen LogP contribution is -2.40. The fourth-order valence-electron chi connectivity index (χ4n) is 2.34. The Kier molecular flexibility index (Phi) is 6.03. The average Bonchev–Trinajstić information content (AvgIpc) is 2.53. The van der Waals surface area contributed by atoms with E-state index in [4.69, 9.17) is 4.74 Å². The van der Waals surface area contributed by atoms with Crippen LogP contribution in [-0.2, 0) is 4.79 Å². The highest BCUT2D eigenvalue weighted by Gasteiger charge is 2.17. The molecule has 0 radical (unpaired) electrons. The molecule has 5 nitrogen and oxygen atoms in total. The Morgan fingerprint density at radius 2 is 1.73 bits per heavy atom. The van der Waals surface area contributed by atoms with Crippen molar-refractivity contribution in [3.05, 3.63) is 59.7 Å². The fourth-order valence-corrected chi connectivity index (χ4v) is 2.34. The number of hydrogen-bond acceptors (Lipinski definition) is 3. The first kappa shape index (κ1) is 19.5. The van der Waals surface area contributed by atoms with Crippen LogP contribution < -0.4 is 15.4 Å². The first-order valence-electron chi connectivity index (χ1n) is 8.61. The number of amides is 2. The van der Waals surface area contributed by atoms with Crippen LogP contribution in [0.25, 0.3) is 0 Å². The molecule has 0 aromatic heterocycles. The van der Waals surface area contributed by atoms with Crippen LogP contribution in [0, 0.1) is 6.92 Å². The third-order valence-electron chi connectivity index (χ3n) is 3.55. The van der Waals surface area contributed by atoms with Gasteiger partial charge in [-0.05, 0) is 70.5 Å². The standard InChI is InChI=1S/C21H26N2O3/c1-14-8-6-11-18(12-14)26-15(2)19(24)22-17-10-7-9-16(13-17)20(25)23-21(3,4)5/h6-13,15H,1-5H3,(H,22,24)(H,23,25). The van der Waals surface area contributed by atoms with Crippen molar-refractivity contribution in [1.29, 1.82) is 0 Å². The largest absolute Gasteiger partial charge is 0.481 e. The molecule has 2 aromatic rings. The molecule has 1 atom stereocenters. The molecule has 26 heavy (non-hydrogen) atoms. The topological polar surface area (TPSA) is 67.4 Å². The number of rotatable bonds is 5. The molecule has 0 aliphatic rings. The van der Waals surface area contributed by atoms with Crippen molar-refractivity contribution in [2.45, 2.75) is 46.3 Å². The van der Waals surface area contributed by atoms with Gasteiger partial charge in [-0.25, -0.2) is 0 Å². The first-order chi connectivity index (χ1) is 12.1. The van der Waals surface area contributed by atoms with Gasteiger partial charge in [0.1, 0.15) is 5.75 Å². The van der Waals surface area contributed by atoms with E-state index >= 15 is 0 Å². The highest BCUT2D eigenvalue weighted by molar-refractivity contribution is 5.98. The molecular weight excluding hydrogens is 328 g/mol. The van der Waals surface area contributed by atoms with Crippen LogP contribution in [0.15, 0.2) is 48.5 Å². The van der Waals surface area contributed by atoms with E-state index in [0.717, 1.165) is 5.56 Å². The van der Waals surface area contributed by atoms with E-state index in [1.54, 1.807) is 31.2 Å². The molecule has 2 amide bonds. The number of anilines is 1. The number of nitrogens with one attached hydrogen (secondary N) is 2. The van der Waals surface area contributed by atoms with Gasteiger partial charge in [0.05, 0.1) is 0 Å². The molecule has 2 rings (SSSR count). The summed E-state index contributed by atoms with van der Waals surface area (Å²) in [7, 11) is 0. The second kappa shape index (κ2) is 8.04. The van der Waals surface area contributed by atoms with E-state index in [0.29, 0.717) is 17.0 Å².